The summed E-state index contributed by atoms with van der Waals surface area (Å²) in [6.07, 6.45) is 1.43. The van der Waals surface area contributed by atoms with Crippen molar-refractivity contribution in [3.8, 4) is 5.69 Å². The van der Waals surface area contributed by atoms with Gasteiger partial charge >= 0.3 is 11.8 Å². The highest BCUT2D eigenvalue weighted by atomic mass is 35.5. The monoisotopic (exact) mass is 446 g/mol. The van der Waals surface area contributed by atoms with Crippen LogP contribution >= 0.6 is 23.2 Å². The molecule has 1 heterocycles. The Morgan fingerprint density at radius 1 is 1.00 bits per heavy atom. The predicted molar refractivity (Wildman–Crippen MR) is 116 cm³/mol. The van der Waals surface area contributed by atoms with E-state index < -0.39 is 11.8 Å². The molecule has 0 fully saturated rings. The van der Waals surface area contributed by atoms with Crippen LogP contribution in [-0.2, 0) is 9.59 Å². The van der Waals surface area contributed by atoms with Crippen molar-refractivity contribution in [3.63, 3.8) is 0 Å². The molecule has 0 saturated carbocycles. The molecule has 3 rings (SSSR count). The molecule has 0 unspecified atom stereocenters. The van der Waals surface area contributed by atoms with Gasteiger partial charge in [-0.25, -0.2) is 9.82 Å². The number of nitrogens with one attached hydrogen (secondary N) is 2. The quantitative estimate of drug-likeness (QED) is 0.348. The van der Waals surface area contributed by atoms with Gasteiger partial charge in [0, 0.05) is 38.4 Å². The fourth-order valence-corrected chi connectivity index (χ4v) is 3.46. The summed E-state index contributed by atoms with van der Waals surface area (Å²) in [6, 6.07) is 12.4. The minimum atomic E-state index is -0.949. The first-order valence-electron chi connectivity index (χ1n) is 8.80. The van der Waals surface area contributed by atoms with E-state index in [0.717, 1.165) is 22.6 Å². The smallest absolute Gasteiger partial charge is 0.318 e. The molecule has 3 aromatic rings. The molecular weight excluding hydrogens is 430 g/mol. The van der Waals surface area contributed by atoms with Crippen molar-refractivity contribution in [2.75, 3.05) is 5.32 Å². The molecule has 0 radical (unpaired) electrons. The summed E-state index contributed by atoms with van der Waals surface area (Å²) in [4.78, 5) is 24.0. The fourth-order valence-electron chi connectivity index (χ4n) is 2.93. The van der Waals surface area contributed by atoms with Crippen molar-refractivity contribution in [1.82, 2.24) is 9.99 Å². The van der Waals surface area contributed by atoms with Crippen LogP contribution < -0.4 is 10.7 Å². The molecule has 0 bridgehead atoms. The van der Waals surface area contributed by atoms with Gasteiger partial charge in [0.15, 0.2) is 0 Å². The van der Waals surface area contributed by atoms with Crippen molar-refractivity contribution in [3.05, 3.63) is 81.3 Å². The number of halogens is 3. The summed E-state index contributed by atoms with van der Waals surface area (Å²) < 4.78 is 15.1. The molecule has 0 aliphatic rings. The maximum atomic E-state index is 13.2. The SMILES string of the molecule is Cc1cc(/C=N\NC(=O)C(=O)Nc2cc(Cl)cc(Cl)c2)c(C)n1-c1ccc(F)cc1. The normalized spacial score (nSPS) is 11.0. The number of aryl methyl sites for hydroxylation is 1. The van der Waals surface area contributed by atoms with Crippen LogP contribution in [0, 0.1) is 19.7 Å². The average molecular weight is 447 g/mol. The molecule has 9 heteroatoms. The molecule has 30 heavy (non-hydrogen) atoms. The molecule has 2 aromatic carbocycles. The Morgan fingerprint density at radius 2 is 1.63 bits per heavy atom. The van der Waals surface area contributed by atoms with Gasteiger partial charge in [0.05, 0.1) is 6.21 Å². The van der Waals surface area contributed by atoms with E-state index in [4.69, 9.17) is 23.2 Å². The predicted octanol–water partition coefficient (Wildman–Crippen LogP) is 4.63. The van der Waals surface area contributed by atoms with Crippen molar-refractivity contribution in [2.24, 2.45) is 5.10 Å². The zero-order valence-electron chi connectivity index (χ0n) is 16.0. The summed E-state index contributed by atoms with van der Waals surface area (Å²) >= 11 is 11.7. The van der Waals surface area contributed by atoms with Crippen LogP contribution in [0.2, 0.25) is 10.0 Å². The van der Waals surface area contributed by atoms with Gasteiger partial charge in [-0.2, -0.15) is 5.10 Å². The van der Waals surface area contributed by atoms with Gasteiger partial charge in [-0.15, -0.1) is 0 Å². The third-order valence-corrected chi connectivity index (χ3v) is 4.69. The molecule has 0 aliphatic heterocycles. The van der Waals surface area contributed by atoms with Crippen molar-refractivity contribution >= 4 is 46.9 Å². The number of carbonyl (C=O) groups excluding carboxylic acids is 2. The Bertz CT molecular complexity index is 1120. The minimum Gasteiger partial charge on any atom is -0.318 e. The van der Waals surface area contributed by atoms with E-state index in [0.29, 0.717) is 15.7 Å². The van der Waals surface area contributed by atoms with Crippen LogP contribution in [0.1, 0.15) is 17.0 Å². The zero-order chi connectivity index (χ0) is 21.8. The molecule has 0 atom stereocenters. The summed E-state index contributed by atoms with van der Waals surface area (Å²) in [5.74, 6) is -2.18. The number of hydrogen-bond acceptors (Lipinski definition) is 3. The summed E-state index contributed by atoms with van der Waals surface area (Å²) in [5, 5.41) is 6.90. The molecule has 0 saturated heterocycles. The van der Waals surface area contributed by atoms with Crippen LogP contribution in [0.25, 0.3) is 5.69 Å². The molecular formula is C21H17Cl2FN4O2. The average Bonchev–Trinajstić information content (AvgIpc) is 2.95. The first kappa shape index (κ1) is 21.5. The number of hydrogen-bond donors (Lipinski definition) is 2. The highest BCUT2D eigenvalue weighted by molar-refractivity contribution is 6.40. The standard InChI is InChI=1S/C21H17Cl2FN4O2/c1-12-7-14(13(2)28(12)19-5-3-17(24)4-6-19)11-25-27-21(30)20(29)26-18-9-15(22)8-16(23)10-18/h3-11H,1-2H3,(H,26,29)(H,27,30)/b25-11-. The second-order valence-electron chi connectivity index (χ2n) is 6.45. The zero-order valence-corrected chi connectivity index (χ0v) is 17.6. The first-order valence-corrected chi connectivity index (χ1v) is 9.55. The van der Waals surface area contributed by atoms with Gasteiger partial charge in [-0.1, -0.05) is 23.2 Å². The highest BCUT2D eigenvalue weighted by Gasteiger charge is 2.14. The van der Waals surface area contributed by atoms with Crippen LogP contribution in [0.3, 0.4) is 0 Å². The van der Waals surface area contributed by atoms with Crippen LogP contribution in [0.5, 0.6) is 0 Å². The first-order chi connectivity index (χ1) is 14.2. The van der Waals surface area contributed by atoms with E-state index in [-0.39, 0.29) is 5.82 Å². The summed E-state index contributed by atoms with van der Waals surface area (Å²) in [6.45, 7) is 3.77. The largest absolute Gasteiger partial charge is 0.329 e. The lowest BCUT2D eigenvalue weighted by Gasteiger charge is -2.09. The minimum absolute atomic E-state index is 0.291. The van der Waals surface area contributed by atoms with E-state index >= 15 is 0 Å². The molecule has 6 nitrogen and oxygen atoms in total. The number of nitrogens with zero attached hydrogens (tertiary/aromatic N) is 2. The number of aromatic nitrogens is 1. The van der Waals surface area contributed by atoms with Gasteiger partial charge in [-0.3, -0.25) is 9.59 Å². The Labute approximate surface area is 182 Å². The van der Waals surface area contributed by atoms with E-state index in [2.05, 4.69) is 15.8 Å². The lowest BCUT2D eigenvalue weighted by atomic mass is 10.2. The van der Waals surface area contributed by atoms with E-state index in [1.807, 2.05) is 24.5 Å². The van der Waals surface area contributed by atoms with Crippen molar-refractivity contribution in [1.29, 1.82) is 0 Å². The highest BCUT2D eigenvalue weighted by Crippen LogP contribution is 2.22. The lowest BCUT2D eigenvalue weighted by molar-refractivity contribution is -0.136. The summed E-state index contributed by atoms with van der Waals surface area (Å²) in [7, 11) is 0. The number of carbonyl (C=O) groups is 2. The van der Waals surface area contributed by atoms with Crippen molar-refractivity contribution < 1.29 is 14.0 Å². The van der Waals surface area contributed by atoms with E-state index in [9.17, 15) is 14.0 Å². The second kappa shape index (κ2) is 9.11. The number of rotatable bonds is 4. The molecule has 1 aromatic heterocycles. The molecule has 0 aliphatic carbocycles. The molecule has 2 N–H and O–H groups in total. The summed E-state index contributed by atoms with van der Waals surface area (Å²) in [5.41, 5.74) is 5.75. The van der Waals surface area contributed by atoms with Crippen molar-refractivity contribution in [2.45, 2.75) is 13.8 Å². The topological polar surface area (TPSA) is 75.5 Å². The molecule has 2 amide bonds. The van der Waals surface area contributed by atoms with Crippen LogP contribution in [0.15, 0.2) is 53.6 Å². The fraction of sp³-hybridized carbons (Fsp3) is 0.0952. The third-order valence-electron chi connectivity index (χ3n) is 4.25. The lowest BCUT2D eigenvalue weighted by Crippen LogP contribution is -2.32. The van der Waals surface area contributed by atoms with Gasteiger partial charge in [0.2, 0.25) is 0 Å². The Balaban J connectivity index is 1.67. The van der Waals surface area contributed by atoms with E-state index in [1.54, 1.807) is 12.1 Å². The molecule has 0 spiro atoms. The Hall–Kier alpha value is -3.16. The van der Waals surface area contributed by atoms with Crippen LogP contribution in [0.4, 0.5) is 10.1 Å². The van der Waals surface area contributed by atoms with Gasteiger partial charge < -0.3 is 9.88 Å². The van der Waals surface area contributed by atoms with Gasteiger partial charge in [0.1, 0.15) is 5.82 Å². The van der Waals surface area contributed by atoms with Gasteiger partial charge in [0.25, 0.3) is 0 Å². The number of hydrazone groups is 1. The number of benzene rings is 2. The maximum absolute atomic E-state index is 13.2. The second-order valence-corrected chi connectivity index (χ2v) is 7.32. The maximum Gasteiger partial charge on any atom is 0.329 e. The van der Waals surface area contributed by atoms with E-state index in [1.165, 1.54) is 36.5 Å². The van der Waals surface area contributed by atoms with Crippen LogP contribution in [-0.4, -0.2) is 22.6 Å². The van der Waals surface area contributed by atoms with Gasteiger partial charge in [-0.05, 0) is 62.4 Å². The Kier molecular flexibility index (Phi) is 6.54. The Morgan fingerprint density at radius 3 is 2.27 bits per heavy atom. The molecule has 154 valence electrons. The number of anilines is 1. The third kappa shape index (κ3) is 5.06. The number of amides is 2.